The number of rotatable bonds is 3. The predicted octanol–water partition coefficient (Wildman–Crippen LogP) is 1.51. The highest BCUT2D eigenvalue weighted by Crippen LogP contribution is 2.27. The summed E-state index contributed by atoms with van der Waals surface area (Å²) in [4.78, 5) is 15.2. The lowest BCUT2D eigenvalue weighted by Crippen LogP contribution is -2.34. The molecule has 15 heavy (non-hydrogen) atoms. The summed E-state index contributed by atoms with van der Waals surface area (Å²) in [6, 6.07) is 3.13. The highest BCUT2D eigenvalue weighted by Gasteiger charge is 2.36. The number of aromatic nitrogens is 1. The van der Waals surface area contributed by atoms with Crippen molar-refractivity contribution in [2.75, 3.05) is 6.61 Å². The van der Waals surface area contributed by atoms with Gasteiger partial charge in [0.25, 0.3) is 0 Å². The molecule has 0 spiro atoms. The van der Waals surface area contributed by atoms with Crippen molar-refractivity contribution < 1.29 is 14.6 Å². The molecule has 5 heteroatoms. The largest absolute Gasteiger partial charge is 0.464 e. The Morgan fingerprint density at radius 2 is 2.40 bits per heavy atom. The second-order valence-electron chi connectivity index (χ2n) is 3.13. The molecule has 82 valence electrons. The Hall–Kier alpha value is -1.13. The smallest absolute Gasteiger partial charge is 0.342 e. The van der Waals surface area contributed by atoms with E-state index in [2.05, 4.69) is 4.98 Å². The Kier molecular flexibility index (Phi) is 3.66. The van der Waals surface area contributed by atoms with E-state index >= 15 is 0 Å². The molecule has 1 aromatic rings. The van der Waals surface area contributed by atoms with E-state index < -0.39 is 11.6 Å². The van der Waals surface area contributed by atoms with Crippen LogP contribution in [0.2, 0.25) is 5.15 Å². The molecule has 1 aromatic heterocycles. The molecule has 0 aromatic carbocycles. The maximum atomic E-state index is 11.5. The Balaban J connectivity index is 3.05. The highest BCUT2D eigenvalue weighted by atomic mass is 35.5. The van der Waals surface area contributed by atoms with Crippen LogP contribution in [0.5, 0.6) is 0 Å². The minimum Gasteiger partial charge on any atom is -0.464 e. The third-order valence-electron chi connectivity index (χ3n) is 1.96. The van der Waals surface area contributed by atoms with Crippen molar-refractivity contribution in [2.24, 2.45) is 0 Å². The fourth-order valence-corrected chi connectivity index (χ4v) is 1.43. The predicted molar refractivity (Wildman–Crippen MR) is 55.5 cm³/mol. The van der Waals surface area contributed by atoms with E-state index in [0.29, 0.717) is 0 Å². The van der Waals surface area contributed by atoms with E-state index in [1.807, 2.05) is 0 Å². The van der Waals surface area contributed by atoms with Crippen LogP contribution in [0.15, 0.2) is 18.3 Å². The Bertz CT molecular complexity index is 365. The number of hydrogen-bond acceptors (Lipinski definition) is 4. The zero-order valence-electron chi connectivity index (χ0n) is 8.53. The first-order valence-electron chi connectivity index (χ1n) is 4.50. The van der Waals surface area contributed by atoms with Crippen LogP contribution in [0.25, 0.3) is 0 Å². The summed E-state index contributed by atoms with van der Waals surface area (Å²) in [5.41, 5.74) is -1.52. The molecule has 0 amide bonds. The maximum Gasteiger partial charge on any atom is 0.342 e. The lowest BCUT2D eigenvalue weighted by atomic mass is 9.98. The van der Waals surface area contributed by atoms with Crippen LogP contribution in [0.4, 0.5) is 0 Å². The van der Waals surface area contributed by atoms with Crippen molar-refractivity contribution in [2.45, 2.75) is 19.4 Å². The molecule has 1 rings (SSSR count). The lowest BCUT2D eigenvalue weighted by molar-refractivity contribution is -0.164. The lowest BCUT2D eigenvalue weighted by Gasteiger charge is -2.21. The number of ether oxygens (including phenoxy) is 1. The van der Waals surface area contributed by atoms with Crippen molar-refractivity contribution in [1.82, 2.24) is 4.98 Å². The number of halogens is 1. The van der Waals surface area contributed by atoms with Gasteiger partial charge in [-0.25, -0.2) is 9.78 Å². The maximum absolute atomic E-state index is 11.5. The number of esters is 1. The number of hydrogen-bond donors (Lipinski definition) is 1. The monoisotopic (exact) mass is 229 g/mol. The second-order valence-corrected chi connectivity index (χ2v) is 3.49. The van der Waals surface area contributed by atoms with E-state index in [1.54, 1.807) is 13.0 Å². The molecule has 0 saturated carbocycles. The minimum absolute atomic E-state index is 0.0931. The average molecular weight is 230 g/mol. The SMILES string of the molecule is CCOC(=O)[C@](C)(O)c1cccnc1Cl. The molecule has 4 nitrogen and oxygen atoms in total. The van der Waals surface area contributed by atoms with Crippen molar-refractivity contribution >= 4 is 17.6 Å². The highest BCUT2D eigenvalue weighted by molar-refractivity contribution is 6.30. The normalized spacial score (nSPS) is 14.4. The average Bonchev–Trinajstić information content (AvgIpc) is 2.18. The molecule has 1 heterocycles. The van der Waals surface area contributed by atoms with Crippen molar-refractivity contribution in [1.29, 1.82) is 0 Å². The van der Waals surface area contributed by atoms with Gasteiger partial charge in [-0.3, -0.25) is 0 Å². The van der Waals surface area contributed by atoms with Crippen molar-refractivity contribution in [3.63, 3.8) is 0 Å². The summed E-state index contributed by atoms with van der Waals surface area (Å²) in [5, 5.41) is 10.1. The molecule has 0 unspecified atom stereocenters. The molecular formula is C10H12ClNO3. The number of carbonyl (C=O) groups is 1. The Morgan fingerprint density at radius 3 is 2.93 bits per heavy atom. The topological polar surface area (TPSA) is 59.4 Å². The van der Waals surface area contributed by atoms with Gasteiger partial charge in [0.2, 0.25) is 0 Å². The molecule has 0 fully saturated rings. The van der Waals surface area contributed by atoms with E-state index in [9.17, 15) is 9.90 Å². The fourth-order valence-electron chi connectivity index (χ4n) is 1.13. The third kappa shape index (κ3) is 2.46. The molecular weight excluding hydrogens is 218 g/mol. The number of carbonyl (C=O) groups excluding carboxylic acids is 1. The zero-order valence-corrected chi connectivity index (χ0v) is 9.28. The Labute approximate surface area is 92.8 Å². The number of nitrogens with zero attached hydrogens (tertiary/aromatic N) is 1. The standard InChI is InChI=1S/C10H12ClNO3/c1-3-15-9(13)10(2,14)7-5-4-6-12-8(7)11/h4-6,14H,3H2,1-2H3/t10-/m1/s1. The van der Waals surface area contributed by atoms with Gasteiger partial charge in [-0.2, -0.15) is 0 Å². The van der Waals surface area contributed by atoms with E-state index in [1.165, 1.54) is 19.2 Å². The van der Waals surface area contributed by atoms with E-state index in [4.69, 9.17) is 16.3 Å². The summed E-state index contributed by atoms with van der Waals surface area (Å²) in [6.45, 7) is 3.19. The van der Waals surface area contributed by atoms with Crippen LogP contribution >= 0.6 is 11.6 Å². The first-order chi connectivity index (χ1) is 7.00. The van der Waals surface area contributed by atoms with Crippen molar-refractivity contribution in [3.8, 4) is 0 Å². The minimum atomic E-state index is -1.76. The van der Waals surface area contributed by atoms with E-state index in [0.717, 1.165) is 0 Å². The first kappa shape index (κ1) is 11.9. The van der Waals surface area contributed by atoms with Crippen LogP contribution in [-0.4, -0.2) is 22.7 Å². The summed E-state index contributed by atoms with van der Waals surface area (Å²) >= 11 is 5.77. The van der Waals surface area contributed by atoms with Gasteiger partial charge in [-0.15, -0.1) is 0 Å². The molecule has 0 saturated heterocycles. The van der Waals surface area contributed by atoms with Gasteiger partial charge < -0.3 is 9.84 Å². The van der Waals surface area contributed by atoms with Crippen LogP contribution in [-0.2, 0) is 15.1 Å². The van der Waals surface area contributed by atoms with Gasteiger partial charge in [0.05, 0.1) is 6.61 Å². The first-order valence-corrected chi connectivity index (χ1v) is 4.88. The molecule has 1 N–H and O–H groups in total. The quantitative estimate of drug-likeness (QED) is 0.631. The van der Waals surface area contributed by atoms with Crippen LogP contribution in [0.1, 0.15) is 19.4 Å². The van der Waals surface area contributed by atoms with Crippen LogP contribution in [0, 0.1) is 0 Å². The zero-order chi connectivity index (χ0) is 11.5. The van der Waals surface area contributed by atoms with Crippen LogP contribution < -0.4 is 0 Å². The molecule has 0 aliphatic heterocycles. The van der Waals surface area contributed by atoms with Gasteiger partial charge in [0, 0.05) is 11.8 Å². The molecule has 1 atom stereocenters. The van der Waals surface area contributed by atoms with Gasteiger partial charge in [-0.05, 0) is 19.9 Å². The van der Waals surface area contributed by atoms with Gasteiger partial charge in [0.1, 0.15) is 5.15 Å². The van der Waals surface area contributed by atoms with Gasteiger partial charge in [0.15, 0.2) is 5.60 Å². The number of aliphatic hydroxyl groups is 1. The van der Waals surface area contributed by atoms with Gasteiger partial charge >= 0.3 is 5.97 Å². The van der Waals surface area contributed by atoms with E-state index in [-0.39, 0.29) is 17.3 Å². The van der Waals surface area contributed by atoms with Crippen molar-refractivity contribution in [3.05, 3.63) is 29.0 Å². The molecule has 0 bridgehead atoms. The third-order valence-corrected chi connectivity index (χ3v) is 2.26. The summed E-state index contributed by atoms with van der Waals surface area (Å²) < 4.78 is 4.74. The summed E-state index contributed by atoms with van der Waals surface area (Å²) in [5.74, 6) is -0.736. The molecule has 0 aliphatic rings. The number of pyridine rings is 1. The Morgan fingerprint density at radius 1 is 1.73 bits per heavy atom. The second kappa shape index (κ2) is 4.59. The molecule has 0 radical (unpaired) electrons. The molecule has 0 aliphatic carbocycles. The fraction of sp³-hybridized carbons (Fsp3) is 0.400. The summed E-state index contributed by atoms with van der Waals surface area (Å²) in [7, 11) is 0. The van der Waals surface area contributed by atoms with Crippen LogP contribution in [0.3, 0.4) is 0 Å². The van der Waals surface area contributed by atoms with Gasteiger partial charge in [-0.1, -0.05) is 17.7 Å². The summed E-state index contributed by atoms with van der Waals surface area (Å²) in [6.07, 6.45) is 1.48.